The quantitative estimate of drug-likeness (QED) is 0.887. The molecule has 2 rings (SSSR count). The molecule has 0 aliphatic heterocycles. The van der Waals surface area contributed by atoms with Crippen molar-refractivity contribution in [3.63, 3.8) is 0 Å². The van der Waals surface area contributed by atoms with Gasteiger partial charge in [-0.25, -0.2) is 9.97 Å². The van der Waals surface area contributed by atoms with Crippen molar-refractivity contribution >= 4 is 0 Å². The highest BCUT2D eigenvalue weighted by Gasteiger charge is 2.23. The Labute approximate surface area is 112 Å². The highest BCUT2D eigenvalue weighted by molar-refractivity contribution is 5.48. The van der Waals surface area contributed by atoms with Crippen molar-refractivity contribution in [3.8, 4) is 11.5 Å². The van der Waals surface area contributed by atoms with Crippen LogP contribution in [0.1, 0.15) is 17.4 Å². The molecule has 5 nitrogen and oxygen atoms in total. The van der Waals surface area contributed by atoms with Crippen LogP contribution in [-0.2, 0) is 0 Å². The minimum absolute atomic E-state index is 0.188. The average molecular weight is 259 g/mol. The molecule has 1 aromatic carbocycles. The van der Waals surface area contributed by atoms with Crippen LogP contribution in [-0.4, -0.2) is 31.2 Å². The molecule has 0 aliphatic rings. The normalized spacial score (nSPS) is 11.9. The van der Waals surface area contributed by atoms with Gasteiger partial charge in [-0.3, -0.25) is 0 Å². The molecule has 5 heteroatoms. The molecule has 1 heterocycles. The number of rotatable bonds is 5. The summed E-state index contributed by atoms with van der Waals surface area (Å²) in [5, 5.41) is 3.20. The standard InChI is InChI=1S/C14H17N3O2/c1-15-13(14-16-8-5-9-17-14)12-10(18-2)6-4-7-11(12)19-3/h4-9,13,15H,1-3H3. The first kappa shape index (κ1) is 13.3. The molecule has 100 valence electrons. The minimum atomic E-state index is -0.188. The van der Waals surface area contributed by atoms with E-state index in [9.17, 15) is 0 Å². The maximum atomic E-state index is 5.42. The summed E-state index contributed by atoms with van der Waals surface area (Å²) in [4.78, 5) is 8.58. The molecule has 0 saturated heterocycles. The Morgan fingerprint density at radius 2 is 1.58 bits per heavy atom. The summed E-state index contributed by atoms with van der Waals surface area (Å²) in [7, 11) is 5.13. The van der Waals surface area contributed by atoms with Gasteiger partial charge in [-0.05, 0) is 25.2 Å². The number of benzene rings is 1. The van der Waals surface area contributed by atoms with Crippen molar-refractivity contribution in [1.29, 1.82) is 0 Å². The fraction of sp³-hybridized carbons (Fsp3) is 0.286. The first-order valence-electron chi connectivity index (χ1n) is 5.97. The third-order valence-electron chi connectivity index (χ3n) is 2.89. The highest BCUT2D eigenvalue weighted by atomic mass is 16.5. The summed E-state index contributed by atoms with van der Waals surface area (Å²) in [6.45, 7) is 0. The minimum Gasteiger partial charge on any atom is -0.496 e. The topological polar surface area (TPSA) is 56.3 Å². The number of ether oxygens (including phenoxy) is 2. The van der Waals surface area contributed by atoms with Crippen LogP contribution >= 0.6 is 0 Å². The highest BCUT2D eigenvalue weighted by Crippen LogP contribution is 2.35. The van der Waals surface area contributed by atoms with Crippen molar-refractivity contribution in [2.24, 2.45) is 0 Å². The van der Waals surface area contributed by atoms with E-state index in [0.717, 1.165) is 17.1 Å². The molecule has 0 amide bonds. The van der Waals surface area contributed by atoms with E-state index in [0.29, 0.717) is 5.82 Å². The molecule has 0 bridgehead atoms. The molecule has 0 saturated carbocycles. The first-order chi connectivity index (χ1) is 9.31. The molecule has 0 fully saturated rings. The molecule has 1 N–H and O–H groups in total. The Hall–Kier alpha value is -2.14. The summed E-state index contributed by atoms with van der Waals surface area (Å²) in [6, 6.07) is 7.28. The smallest absolute Gasteiger partial charge is 0.149 e. The largest absolute Gasteiger partial charge is 0.496 e. The van der Waals surface area contributed by atoms with Crippen LogP contribution in [0.5, 0.6) is 11.5 Å². The fourth-order valence-corrected chi connectivity index (χ4v) is 2.03. The number of methoxy groups -OCH3 is 2. The van der Waals surface area contributed by atoms with Crippen molar-refractivity contribution in [3.05, 3.63) is 48.0 Å². The maximum absolute atomic E-state index is 5.42. The second-order valence-corrected chi connectivity index (χ2v) is 3.90. The van der Waals surface area contributed by atoms with E-state index in [1.807, 2.05) is 25.2 Å². The summed E-state index contributed by atoms with van der Waals surface area (Å²) >= 11 is 0. The zero-order chi connectivity index (χ0) is 13.7. The van der Waals surface area contributed by atoms with Gasteiger partial charge in [0, 0.05) is 12.4 Å². The fourth-order valence-electron chi connectivity index (χ4n) is 2.03. The third kappa shape index (κ3) is 2.66. The zero-order valence-electron chi connectivity index (χ0n) is 11.3. The summed E-state index contributed by atoms with van der Waals surface area (Å²) in [5.41, 5.74) is 0.890. The Bertz CT molecular complexity index is 509. The Kier molecular flexibility index (Phi) is 4.30. The van der Waals surface area contributed by atoms with Gasteiger partial charge >= 0.3 is 0 Å². The van der Waals surface area contributed by atoms with E-state index in [1.54, 1.807) is 32.7 Å². The van der Waals surface area contributed by atoms with Crippen LogP contribution in [0.2, 0.25) is 0 Å². The lowest BCUT2D eigenvalue weighted by atomic mass is 10.0. The van der Waals surface area contributed by atoms with Gasteiger partial charge in [0.2, 0.25) is 0 Å². The number of hydrogen-bond donors (Lipinski definition) is 1. The molecule has 1 atom stereocenters. The van der Waals surface area contributed by atoms with E-state index < -0.39 is 0 Å². The number of nitrogens with one attached hydrogen (secondary N) is 1. The molecule has 1 unspecified atom stereocenters. The Morgan fingerprint density at radius 1 is 1.00 bits per heavy atom. The van der Waals surface area contributed by atoms with Crippen molar-refractivity contribution in [2.75, 3.05) is 21.3 Å². The molecular weight excluding hydrogens is 242 g/mol. The van der Waals surface area contributed by atoms with Gasteiger partial charge < -0.3 is 14.8 Å². The average Bonchev–Trinajstić information content (AvgIpc) is 2.49. The first-order valence-corrected chi connectivity index (χ1v) is 5.97. The van der Waals surface area contributed by atoms with Crippen LogP contribution in [0.3, 0.4) is 0 Å². The second-order valence-electron chi connectivity index (χ2n) is 3.90. The number of hydrogen-bond acceptors (Lipinski definition) is 5. The van der Waals surface area contributed by atoms with Crippen molar-refractivity contribution < 1.29 is 9.47 Å². The number of nitrogens with zero attached hydrogens (tertiary/aromatic N) is 2. The third-order valence-corrected chi connectivity index (χ3v) is 2.89. The molecule has 0 aliphatic carbocycles. The van der Waals surface area contributed by atoms with Crippen LogP contribution in [0.15, 0.2) is 36.7 Å². The molecule has 1 aromatic heterocycles. The second kappa shape index (κ2) is 6.15. The maximum Gasteiger partial charge on any atom is 0.149 e. The SMILES string of the molecule is CNC(c1ncccn1)c1c(OC)cccc1OC. The van der Waals surface area contributed by atoms with Gasteiger partial charge in [0.25, 0.3) is 0 Å². The summed E-state index contributed by atoms with van der Waals surface area (Å²) in [6.07, 6.45) is 3.43. The molecular formula is C14H17N3O2. The van der Waals surface area contributed by atoms with Gasteiger partial charge in [-0.1, -0.05) is 6.07 Å². The molecule has 2 aromatic rings. The molecule has 0 radical (unpaired) electrons. The van der Waals surface area contributed by atoms with E-state index in [-0.39, 0.29) is 6.04 Å². The summed E-state index contributed by atoms with van der Waals surface area (Å²) in [5.74, 6) is 2.16. The monoisotopic (exact) mass is 259 g/mol. The van der Waals surface area contributed by atoms with Gasteiger partial charge in [-0.2, -0.15) is 0 Å². The predicted molar refractivity (Wildman–Crippen MR) is 72.5 cm³/mol. The lowest BCUT2D eigenvalue weighted by Gasteiger charge is -2.20. The number of aromatic nitrogens is 2. The van der Waals surface area contributed by atoms with Gasteiger partial charge in [-0.15, -0.1) is 0 Å². The predicted octanol–water partition coefficient (Wildman–Crippen LogP) is 1.80. The van der Waals surface area contributed by atoms with Crippen molar-refractivity contribution in [1.82, 2.24) is 15.3 Å². The lowest BCUT2D eigenvalue weighted by molar-refractivity contribution is 0.377. The Balaban J connectivity index is 2.54. The van der Waals surface area contributed by atoms with Crippen molar-refractivity contribution in [2.45, 2.75) is 6.04 Å². The van der Waals surface area contributed by atoms with E-state index in [1.165, 1.54) is 0 Å². The van der Waals surface area contributed by atoms with Crippen LogP contribution < -0.4 is 14.8 Å². The lowest BCUT2D eigenvalue weighted by Crippen LogP contribution is -2.21. The Morgan fingerprint density at radius 3 is 2.05 bits per heavy atom. The van der Waals surface area contributed by atoms with E-state index in [4.69, 9.17) is 9.47 Å². The van der Waals surface area contributed by atoms with Gasteiger partial charge in [0.1, 0.15) is 23.4 Å². The summed E-state index contributed by atoms with van der Waals surface area (Å²) < 4.78 is 10.8. The van der Waals surface area contributed by atoms with Gasteiger partial charge in [0.05, 0.1) is 19.8 Å². The van der Waals surface area contributed by atoms with Crippen LogP contribution in [0, 0.1) is 0 Å². The van der Waals surface area contributed by atoms with E-state index in [2.05, 4.69) is 15.3 Å². The zero-order valence-corrected chi connectivity index (χ0v) is 11.3. The molecule has 19 heavy (non-hydrogen) atoms. The van der Waals surface area contributed by atoms with Crippen LogP contribution in [0.25, 0.3) is 0 Å². The van der Waals surface area contributed by atoms with E-state index >= 15 is 0 Å². The molecule has 0 spiro atoms. The van der Waals surface area contributed by atoms with Gasteiger partial charge in [0.15, 0.2) is 0 Å². The van der Waals surface area contributed by atoms with Crippen LogP contribution in [0.4, 0.5) is 0 Å².